The molecule has 0 saturated heterocycles. The number of hydrogen-bond acceptors (Lipinski definition) is 4. The summed E-state index contributed by atoms with van der Waals surface area (Å²) >= 11 is 0. The van der Waals surface area contributed by atoms with Crippen molar-refractivity contribution >= 4 is 11.7 Å². The highest BCUT2D eigenvalue weighted by molar-refractivity contribution is 5.88. The second kappa shape index (κ2) is 4.12. The molecule has 0 unspecified atom stereocenters. The first kappa shape index (κ1) is 11.2. The number of rotatable bonds is 3. The van der Waals surface area contributed by atoms with Crippen molar-refractivity contribution in [2.45, 2.75) is 20.0 Å². The fourth-order valence-electron chi connectivity index (χ4n) is 1.12. The van der Waals surface area contributed by atoms with Crippen LogP contribution in [0.4, 0.5) is 5.69 Å². The molecule has 0 fully saturated rings. The summed E-state index contributed by atoms with van der Waals surface area (Å²) < 4.78 is 6.31. The molecule has 15 heavy (non-hydrogen) atoms. The normalized spacial score (nSPS) is 10.4. The molecule has 0 aromatic carbocycles. The summed E-state index contributed by atoms with van der Waals surface area (Å²) in [6.07, 6.45) is 1.03. The van der Waals surface area contributed by atoms with Gasteiger partial charge in [0.05, 0.1) is 17.2 Å². The first-order chi connectivity index (χ1) is 6.91. The number of carbonyl (C=O) groups is 1. The van der Waals surface area contributed by atoms with Crippen LogP contribution in [0.1, 0.15) is 24.3 Å². The molecule has 6 nitrogen and oxygen atoms in total. The highest BCUT2D eigenvalue weighted by atomic mass is 16.6. The van der Waals surface area contributed by atoms with E-state index in [0.717, 1.165) is 0 Å². The first-order valence-electron chi connectivity index (χ1n) is 4.43. The predicted molar refractivity (Wildman–Crippen MR) is 52.6 cm³/mol. The third-order valence-electron chi connectivity index (χ3n) is 1.75. The van der Waals surface area contributed by atoms with E-state index in [4.69, 9.17) is 4.74 Å². The number of hydrogen-bond donors (Lipinski definition) is 0. The summed E-state index contributed by atoms with van der Waals surface area (Å²) in [5.41, 5.74) is 0.0589. The number of carbonyl (C=O) groups excluding carboxylic acids is 1. The van der Waals surface area contributed by atoms with Crippen molar-refractivity contribution in [3.8, 4) is 0 Å². The van der Waals surface area contributed by atoms with E-state index in [2.05, 4.69) is 0 Å². The number of nitrogens with zero attached hydrogens (tertiary/aromatic N) is 2. The van der Waals surface area contributed by atoms with Gasteiger partial charge >= 0.3 is 5.97 Å². The molecule has 0 bridgehead atoms. The molecule has 0 atom stereocenters. The molecular formula is C9H12N2O4. The van der Waals surface area contributed by atoms with Gasteiger partial charge in [0.2, 0.25) is 0 Å². The summed E-state index contributed by atoms with van der Waals surface area (Å²) in [5, 5.41) is 10.5. The van der Waals surface area contributed by atoms with Crippen molar-refractivity contribution in [1.29, 1.82) is 0 Å². The third kappa shape index (κ3) is 2.55. The average molecular weight is 212 g/mol. The lowest BCUT2D eigenvalue weighted by Gasteiger charge is -2.07. The SMILES string of the molecule is CC(C)OC(=O)c1cc([N+](=O)[O-])cn1C. The van der Waals surface area contributed by atoms with Gasteiger partial charge in [-0.05, 0) is 13.8 Å². The minimum Gasteiger partial charge on any atom is -0.458 e. The second-order valence-electron chi connectivity index (χ2n) is 3.41. The van der Waals surface area contributed by atoms with E-state index in [1.54, 1.807) is 20.9 Å². The highest BCUT2D eigenvalue weighted by Gasteiger charge is 2.19. The Kier molecular flexibility index (Phi) is 3.08. The second-order valence-corrected chi connectivity index (χ2v) is 3.41. The largest absolute Gasteiger partial charge is 0.458 e. The first-order valence-corrected chi connectivity index (χ1v) is 4.43. The molecular weight excluding hydrogens is 200 g/mol. The van der Waals surface area contributed by atoms with Crippen molar-refractivity contribution in [3.05, 3.63) is 28.1 Å². The van der Waals surface area contributed by atoms with Gasteiger partial charge in [-0.1, -0.05) is 0 Å². The topological polar surface area (TPSA) is 74.4 Å². The van der Waals surface area contributed by atoms with Gasteiger partial charge in [-0.2, -0.15) is 0 Å². The lowest BCUT2D eigenvalue weighted by atomic mass is 10.4. The van der Waals surface area contributed by atoms with Gasteiger partial charge in [0.1, 0.15) is 5.69 Å². The summed E-state index contributed by atoms with van der Waals surface area (Å²) in [7, 11) is 1.56. The van der Waals surface area contributed by atoms with E-state index in [-0.39, 0.29) is 17.5 Å². The molecule has 0 N–H and O–H groups in total. The van der Waals surface area contributed by atoms with E-state index >= 15 is 0 Å². The Bertz CT molecular complexity index is 395. The molecule has 0 aliphatic carbocycles. The molecule has 6 heteroatoms. The maximum Gasteiger partial charge on any atom is 0.355 e. The van der Waals surface area contributed by atoms with Crippen molar-refractivity contribution in [3.63, 3.8) is 0 Å². The molecule has 0 amide bonds. The smallest absolute Gasteiger partial charge is 0.355 e. The van der Waals surface area contributed by atoms with E-state index < -0.39 is 10.9 Å². The van der Waals surface area contributed by atoms with Crippen molar-refractivity contribution in [2.75, 3.05) is 0 Å². The molecule has 0 aliphatic heterocycles. The van der Waals surface area contributed by atoms with Crippen LogP contribution >= 0.6 is 0 Å². The Balaban J connectivity index is 2.94. The zero-order valence-electron chi connectivity index (χ0n) is 8.76. The zero-order valence-corrected chi connectivity index (χ0v) is 8.76. The Morgan fingerprint density at radius 1 is 1.60 bits per heavy atom. The fourth-order valence-corrected chi connectivity index (χ4v) is 1.12. The van der Waals surface area contributed by atoms with Gasteiger partial charge in [0, 0.05) is 13.1 Å². The number of aryl methyl sites for hydroxylation is 1. The standard InChI is InChI=1S/C9H12N2O4/c1-6(2)15-9(12)8-4-7(11(13)14)5-10(8)3/h4-6H,1-3H3. The van der Waals surface area contributed by atoms with Gasteiger partial charge in [-0.3, -0.25) is 10.1 Å². The lowest BCUT2D eigenvalue weighted by molar-refractivity contribution is -0.384. The number of esters is 1. The molecule has 1 aromatic rings. The van der Waals surface area contributed by atoms with Gasteiger partial charge < -0.3 is 9.30 Å². The van der Waals surface area contributed by atoms with Crippen LogP contribution in [0.2, 0.25) is 0 Å². The van der Waals surface area contributed by atoms with E-state index in [9.17, 15) is 14.9 Å². The predicted octanol–water partition coefficient (Wildman–Crippen LogP) is 1.50. The van der Waals surface area contributed by atoms with Crippen LogP contribution in [0.3, 0.4) is 0 Å². The van der Waals surface area contributed by atoms with Crippen LogP contribution < -0.4 is 0 Å². The molecule has 1 heterocycles. The minimum absolute atomic E-state index is 0.117. The zero-order chi connectivity index (χ0) is 11.6. The summed E-state index contributed by atoms with van der Waals surface area (Å²) in [6.45, 7) is 3.44. The maximum absolute atomic E-state index is 11.4. The fraction of sp³-hybridized carbons (Fsp3) is 0.444. The van der Waals surface area contributed by atoms with Crippen molar-refractivity contribution in [1.82, 2.24) is 4.57 Å². The maximum atomic E-state index is 11.4. The number of ether oxygens (including phenoxy) is 1. The molecule has 0 radical (unpaired) electrons. The van der Waals surface area contributed by atoms with Crippen LogP contribution in [0.15, 0.2) is 12.3 Å². The molecule has 1 aromatic heterocycles. The third-order valence-corrected chi connectivity index (χ3v) is 1.75. The number of aromatic nitrogens is 1. The summed E-state index contributed by atoms with van der Waals surface area (Å²) in [5.74, 6) is -0.555. The van der Waals surface area contributed by atoms with Crippen LogP contribution in [-0.4, -0.2) is 21.6 Å². The Morgan fingerprint density at radius 3 is 2.60 bits per heavy atom. The van der Waals surface area contributed by atoms with Gasteiger partial charge in [-0.25, -0.2) is 4.79 Å². The minimum atomic E-state index is -0.555. The molecule has 0 aliphatic rings. The average Bonchev–Trinajstić information content (AvgIpc) is 2.46. The van der Waals surface area contributed by atoms with Crippen LogP contribution in [0.25, 0.3) is 0 Å². The molecule has 0 spiro atoms. The Morgan fingerprint density at radius 2 is 2.20 bits per heavy atom. The molecule has 0 saturated carbocycles. The van der Waals surface area contributed by atoms with Gasteiger partial charge in [-0.15, -0.1) is 0 Å². The molecule has 1 rings (SSSR count). The van der Waals surface area contributed by atoms with E-state index in [1.807, 2.05) is 0 Å². The van der Waals surface area contributed by atoms with E-state index in [1.165, 1.54) is 16.8 Å². The summed E-state index contributed by atoms with van der Waals surface area (Å²) in [4.78, 5) is 21.3. The van der Waals surface area contributed by atoms with Gasteiger partial charge in [0.25, 0.3) is 5.69 Å². The van der Waals surface area contributed by atoms with Crippen molar-refractivity contribution < 1.29 is 14.5 Å². The van der Waals surface area contributed by atoms with Gasteiger partial charge in [0.15, 0.2) is 0 Å². The Hall–Kier alpha value is -1.85. The van der Waals surface area contributed by atoms with Crippen LogP contribution in [0.5, 0.6) is 0 Å². The van der Waals surface area contributed by atoms with E-state index in [0.29, 0.717) is 0 Å². The quantitative estimate of drug-likeness (QED) is 0.432. The highest BCUT2D eigenvalue weighted by Crippen LogP contribution is 2.16. The summed E-state index contributed by atoms with van der Waals surface area (Å²) in [6, 6.07) is 1.20. The van der Waals surface area contributed by atoms with Crippen LogP contribution in [-0.2, 0) is 11.8 Å². The Labute approximate surface area is 86.6 Å². The monoisotopic (exact) mass is 212 g/mol. The van der Waals surface area contributed by atoms with Crippen LogP contribution in [0, 0.1) is 10.1 Å². The number of nitro groups is 1. The molecule has 82 valence electrons. The lowest BCUT2D eigenvalue weighted by Crippen LogP contribution is -2.14. The van der Waals surface area contributed by atoms with Crippen molar-refractivity contribution in [2.24, 2.45) is 7.05 Å².